The highest BCUT2D eigenvalue weighted by Crippen LogP contribution is 2.26. The third-order valence-corrected chi connectivity index (χ3v) is 3.75. The van der Waals surface area contributed by atoms with Gasteiger partial charge in [0, 0.05) is 48.8 Å². The minimum atomic E-state index is 0.129. The van der Waals surface area contributed by atoms with Crippen molar-refractivity contribution >= 4 is 16.7 Å². The lowest BCUT2D eigenvalue weighted by atomic mass is 9.91. The summed E-state index contributed by atoms with van der Waals surface area (Å²) in [6.45, 7) is 1.42. The maximum atomic E-state index is 12.6. The Balaban J connectivity index is 2.00. The highest BCUT2D eigenvalue weighted by atomic mass is 16.5. The number of aryl methyl sites for hydroxylation is 1. The summed E-state index contributed by atoms with van der Waals surface area (Å²) in [7, 11) is 1.99. The standard InChI is InChI=1S/C15H17NO2/c1-16-10-13(12-4-2-3-5-14(12)16)15(17)11-6-8-18-9-7-11/h2-5,10-11H,6-9H2,1H3. The molecule has 0 amide bonds. The first-order valence-electron chi connectivity index (χ1n) is 6.43. The van der Waals surface area contributed by atoms with Gasteiger partial charge in [0.2, 0.25) is 0 Å². The molecular formula is C15H17NO2. The summed E-state index contributed by atoms with van der Waals surface area (Å²) in [5, 5.41) is 1.07. The SMILES string of the molecule is Cn1cc(C(=O)C2CCOCC2)c2ccccc21. The summed E-state index contributed by atoms with van der Waals surface area (Å²) in [5.41, 5.74) is 1.98. The lowest BCUT2D eigenvalue weighted by molar-refractivity contribution is 0.0546. The van der Waals surface area contributed by atoms with Gasteiger partial charge in [0.15, 0.2) is 5.78 Å². The van der Waals surface area contributed by atoms with Crippen LogP contribution in [0.25, 0.3) is 10.9 Å². The molecular weight excluding hydrogens is 226 g/mol. The average molecular weight is 243 g/mol. The van der Waals surface area contributed by atoms with Crippen LogP contribution in [0.15, 0.2) is 30.5 Å². The van der Waals surface area contributed by atoms with E-state index < -0.39 is 0 Å². The Hall–Kier alpha value is -1.61. The van der Waals surface area contributed by atoms with Crippen molar-refractivity contribution in [3.63, 3.8) is 0 Å². The largest absolute Gasteiger partial charge is 0.381 e. The number of aromatic nitrogens is 1. The lowest BCUT2D eigenvalue weighted by Crippen LogP contribution is -2.23. The molecule has 1 aliphatic rings. The lowest BCUT2D eigenvalue weighted by Gasteiger charge is -2.20. The Kier molecular flexibility index (Phi) is 2.92. The van der Waals surface area contributed by atoms with E-state index in [2.05, 4.69) is 6.07 Å². The Bertz CT molecular complexity index is 579. The predicted molar refractivity (Wildman–Crippen MR) is 70.8 cm³/mol. The molecule has 18 heavy (non-hydrogen) atoms. The molecule has 0 spiro atoms. The first kappa shape index (κ1) is 11.5. The third kappa shape index (κ3) is 1.85. The zero-order valence-corrected chi connectivity index (χ0v) is 10.6. The van der Waals surface area contributed by atoms with Gasteiger partial charge >= 0.3 is 0 Å². The van der Waals surface area contributed by atoms with Gasteiger partial charge in [-0.15, -0.1) is 0 Å². The molecule has 0 N–H and O–H groups in total. The number of nitrogens with zero attached hydrogens (tertiary/aromatic N) is 1. The molecule has 1 fully saturated rings. The fourth-order valence-corrected chi connectivity index (χ4v) is 2.72. The van der Waals surface area contributed by atoms with Crippen molar-refractivity contribution in [2.75, 3.05) is 13.2 Å². The van der Waals surface area contributed by atoms with E-state index in [0.29, 0.717) is 13.2 Å². The van der Waals surface area contributed by atoms with Gasteiger partial charge in [-0.25, -0.2) is 0 Å². The van der Waals surface area contributed by atoms with Gasteiger partial charge in [-0.2, -0.15) is 0 Å². The summed E-state index contributed by atoms with van der Waals surface area (Å²) in [6.07, 6.45) is 3.66. The second kappa shape index (κ2) is 4.58. The highest BCUT2D eigenvalue weighted by molar-refractivity contribution is 6.09. The quantitative estimate of drug-likeness (QED) is 0.759. The summed E-state index contributed by atoms with van der Waals surface area (Å²) in [4.78, 5) is 12.6. The molecule has 3 heteroatoms. The number of para-hydroxylation sites is 1. The minimum absolute atomic E-state index is 0.129. The number of hydrogen-bond acceptors (Lipinski definition) is 2. The number of benzene rings is 1. The maximum Gasteiger partial charge on any atom is 0.168 e. The van der Waals surface area contributed by atoms with Crippen LogP contribution in [-0.2, 0) is 11.8 Å². The summed E-state index contributed by atoms with van der Waals surface area (Å²) >= 11 is 0. The molecule has 1 aliphatic heterocycles. The van der Waals surface area contributed by atoms with Gasteiger partial charge in [-0.1, -0.05) is 18.2 Å². The number of fused-ring (bicyclic) bond motifs is 1. The highest BCUT2D eigenvalue weighted by Gasteiger charge is 2.25. The van der Waals surface area contributed by atoms with E-state index >= 15 is 0 Å². The molecule has 2 aromatic rings. The molecule has 0 aliphatic carbocycles. The van der Waals surface area contributed by atoms with Crippen LogP contribution in [0.4, 0.5) is 0 Å². The molecule has 0 atom stereocenters. The predicted octanol–water partition coefficient (Wildman–Crippen LogP) is 2.79. The van der Waals surface area contributed by atoms with Crippen LogP contribution in [0.1, 0.15) is 23.2 Å². The van der Waals surface area contributed by atoms with Gasteiger partial charge in [-0.05, 0) is 18.9 Å². The Morgan fingerprint density at radius 1 is 1.28 bits per heavy atom. The van der Waals surface area contributed by atoms with Crippen molar-refractivity contribution in [3.8, 4) is 0 Å². The molecule has 0 unspecified atom stereocenters. The zero-order chi connectivity index (χ0) is 12.5. The van der Waals surface area contributed by atoms with Crippen molar-refractivity contribution in [1.82, 2.24) is 4.57 Å². The molecule has 1 aromatic carbocycles. The van der Waals surface area contributed by atoms with E-state index in [4.69, 9.17) is 4.74 Å². The van der Waals surface area contributed by atoms with Crippen LogP contribution >= 0.6 is 0 Å². The van der Waals surface area contributed by atoms with E-state index in [-0.39, 0.29) is 11.7 Å². The van der Waals surface area contributed by atoms with Crippen LogP contribution in [0, 0.1) is 5.92 Å². The van der Waals surface area contributed by atoms with E-state index in [9.17, 15) is 4.79 Å². The molecule has 0 bridgehead atoms. The van der Waals surface area contributed by atoms with Crippen molar-refractivity contribution in [1.29, 1.82) is 0 Å². The molecule has 1 saturated heterocycles. The van der Waals surface area contributed by atoms with E-state index in [1.54, 1.807) is 0 Å². The number of ether oxygens (including phenoxy) is 1. The number of hydrogen-bond donors (Lipinski definition) is 0. The van der Waals surface area contributed by atoms with Gasteiger partial charge < -0.3 is 9.30 Å². The number of carbonyl (C=O) groups excluding carboxylic acids is 1. The van der Waals surface area contributed by atoms with Crippen molar-refractivity contribution in [3.05, 3.63) is 36.0 Å². The first-order chi connectivity index (χ1) is 8.77. The maximum absolute atomic E-state index is 12.6. The zero-order valence-electron chi connectivity index (χ0n) is 10.6. The summed E-state index contributed by atoms with van der Waals surface area (Å²) < 4.78 is 7.35. The Morgan fingerprint density at radius 2 is 2.00 bits per heavy atom. The number of carbonyl (C=O) groups is 1. The fraction of sp³-hybridized carbons (Fsp3) is 0.400. The molecule has 3 rings (SSSR count). The second-order valence-corrected chi connectivity index (χ2v) is 4.92. The Morgan fingerprint density at radius 3 is 2.78 bits per heavy atom. The van der Waals surface area contributed by atoms with Crippen molar-refractivity contribution in [2.45, 2.75) is 12.8 Å². The van der Waals surface area contributed by atoms with Gasteiger partial charge in [0.05, 0.1) is 0 Å². The molecule has 0 radical (unpaired) electrons. The molecule has 94 valence electrons. The fourth-order valence-electron chi connectivity index (χ4n) is 2.72. The van der Waals surface area contributed by atoms with Gasteiger partial charge in [-0.3, -0.25) is 4.79 Å². The second-order valence-electron chi connectivity index (χ2n) is 4.92. The molecule has 0 saturated carbocycles. The number of ketones is 1. The first-order valence-corrected chi connectivity index (χ1v) is 6.43. The van der Waals surface area contributed by atoms with E-state index in [1.807, 2.05) is 36.0 Å². The third-order valence-electron chi connectivity index (χ3n) is 3.75. The van der Waals surface area contributed by atoms with Crippen LogP contribution in [0.2, 0.25) is 0 Å². The minimum Gasteiger partial charge on any atom is -0.381 e. The van der Waals surface area contributed by atoms with Gasteiger partial charge in [0.1, 0.15) is 0 Å². The van der Waals surface area contributed by atoms with Crippen LogP contribution in [0.5, 0.6) is 0 Å². The van der Waals surface area contributed by atoms with Crippen LogP contribution < -0.4 is 0 Å². The average Bonchev–Trinajstić information content (AvgIpc) is 2.77. The molecule has 1 aromatic heterocycles. The van der Waals surface area contributed by atoms with Gasteiger partial charge in [0.25, 0.3) is 0 Å². The van der Waals surface area contributed by atoms with E-state index in [0.717, 1.165) is 29.3 Å². The summed E-state index contributed by atoms with van der Waals surface area (Å²) in [5.74, 6) is 0.402. The summed E-state index contributed by atoms with van der Waals surface area (Å²) in [6, 6.07) is 8.08. The Labute approximate surface area is 106 Å². The monoisotopic (exact) mass is 243 g/mol. The number of rotatable bonds is 2. The van der Waals surface area contributed by atoms with Crippen molar-refractivity contribution in [2.24, 2.45) is 13.0 Å². The topological polar surface area (TPSA) is 31.2 Å². The smallest absolute Gasteiger partial charge is 0.168 e. The number of Topliss-reactive ketones (excluding diaryl/α,β-unsaturated/α-hetero) is 1. The van der Waals surface area contributed by atoms with E-state index in [1.165, 1.54) is 0 Å². The van der Waals surface area contributed by atoms with Crippen molar-refractivity contribution < 1.29 is 9.53 Å². The van der Waals surface area contributed by atoms with Crippen LogP contribution in [-0.4, -0.2) is 23.6 Å². The normalized spacial score (nSPS) is 17.2. The molecule has 3 nitrogen and oxygen atoms in total. The van der Waals surface area contributed by atoms with Crippen LogP contribution in [0.3, 0.4) is 0 Å². The molecule has 2 heterocycles.